The number of fused-ring (bicyclic) bond motifs is 1. The van der Waals surface area contributed by atoms with Crippen LogP contribution in [0, 0.1) is 18.8 Å². The number of aryl methyl sites for hydroxylation is 1. The van der Waals surface area contributed by atoms with Crippen molar-refractivity contribution in [3.63, 3.8) is 0 Å². The monoisotopic (exact) mass is 421 g/mol. The molecule has 1 saturated heterocycles. The Hall–Kier alpha value is -3.15. The van der Waals surface area contributed by atoms with Crippen LogP contribution < -0.4 is 5.73 Å². The van der Waals surface area contributed by atoms with Crippen LogP contribution in [-0.4, -0.2) is 50.1 Å². The maximum atomic E-state index is 12.3. The van der Waals surface area contributed by atoms with Crippen molar-refractivity contribution in [2.75, 3.05) is 19.3 Å². The summed E-state index contributed by atoms with van der Waals surface area (Å²) in [5.41, 5.74) is 7.86. The van der Waals surface area contributed by atoms with E-state index in [9.17, 15) is 9.90 Å². The van der Waals surface area contributed by atoms with Gasteiger partial charge in [-0.05, 0) is 44.0 Å². The van der Waals surface area contributed by atoms with Crippen molar-refractivity contribution in [1.29, 1.82) is 0 Å². The zero-order valence-electron chi connectivity index (χ0n) is 16.8. The number of pyridine rings is 1. The minimum atomic E-state index is -1.63. The van der Waals surface area contributed by atoms with E-state index in [1.807, 2.05) is 36.4 Å². The Morgan fingerprint density at radius 1 is 1.20 bits per heavy atom. The quantitative estimate of drug-likeness (QED) is 0.583. The number of rotatable bonds is 1. The molecule has 7 nitrogen and oxygen atoms in total. The topological polar surface area (TPSA) is 105 Å². The highest BCUT2D eigenvalue weighted by Crippen LogP contribution is 2.24. The molecule has 1 amide bonds. The number of nitrogens with two attached hydrogens (primary N) is 1. The SMILES string of the molecule is Cc1nc(N)c2nc(-c3cccc(C#C[C@@]4(O)CCCN(C)C4=O)c3)ccc2n1.S. The standard InChI is InChI=1S/C22H21N5O2.H2S/c1-14-24-18-8-7-17(26-19(18)20(23)25-14)16-6-3-5-15(13-16)9-11-22(29)10-4-12-27(2)21(22)28;/h3,5-8,13,29H,4,10,12H2,1-2H3,(H2,23,24,25);1H2/t22-;/m0./s1. The zero-order chi connectivity index (χ0) is 20.6. The normalized spacial score (nSPS) is 18.5. The molecule has 8 heteroatoms. The fraction of sp³-hybridized carbons (Fsp3) is 0.273. The molecule has 4 rings (SSSR count). The van der Waals surface area contributed by atoms with Crippen LogP contribution in [0.4, 0.5) is 5.82 Å². The number of hydrogen-bond donors (Lipinski definition) is 2. The minimum absolute atomic E-state index is 0. The first-order valence-electron chi connectivity index (χ1n) is 9.38. The summed E-state index contributed by atoms with van der Waals surface area (Å²) < 4.78 is 0. The van der Waals surface area contributed by atoms with Gasteiger partial charge >= 0.3 is 0 Å². The molecule has 30 heavy (non-hydrogen) atoms. The molecule has 3 heterocycles. The average Bonchev–Trinajstić information content (AvgIpc) is 2.70. The van der Waals surface area contributed by atoms with E-state index in [1.54, 1.807) is 14.0 Å². The van der Waals surface area contributed by atoms with Crippen molar-refractivity contribution >= 4 is 36.3 Å². The molecule has 0 unspecified atom stereocenters. The van der Waals surface area contributed by atoms with E-state index in [4.69, 9.17) is 5.73 Å². The molecular weight excluding hydrogens is 398 g/mol. The molecule has 3 aromatic rings. The van der Waals surface area contributed by atoms with Gasteiger partial charge in [0.2, 0.25) is 5.60 Å². The molecule has 0 bridgehead atoms. The number of aliphatic hydroxyl groups is 1. The number of carbonyl (C=O) groups excluding carboxylic acids is 1. The maximum Gasteiger partial charge on any atom is 0.267 e. The van der Waals surface area contributed by atoms with E-state index in [0.717, 1.165) is 12.0 Å². The third kappa shape index (κ3) is 4.08. The largest absolute Gasteiger partial charge is 0.382 e. The van der Waals surface area contributed by atoms with E-state index >= 15 is 0 Å². The number of nitrogen functional groups attached to an aromatic ring is 1. The predicted molar refractivity (Wildman–Crippen MR) is 121 cm³/mol. The van der Waals surface area contributed by atoms with Gasteiger partial charge in [-0.2, -0.15) is 13.5 Å². The van der Waals surface area contributed by atoms with E-state index in [2.05, 4.69) is 26.8 Å². The van der Waals surface area contributed by atoms with Crippen molar-refractivity contribution in [3.8, 4) is 23.1 Å². The van der Waals surface area contributed by atoms with Gasteiger partial charge in [0.25, 0.3) is 5.91 Å². The molecule has 3 N–H and O–H groups in total. The number of aromatic nitrogens is 3. The number of piperidine rings is 1. The highest BCUT2D eigenvalue weighted by Gasteiger charge is 2.39. The van der Waals surface area contributed by atoms with Gasteiger partial charge < -0.3 is 15.7 Å². The average molecular weight is 422 g/mol. The second kappa shape index (κ2) is 8.30. The Bertz CT molecular complexity index is 1190. The highest BCUT2D eigenvalue weighted by atomic mass is 32.1. The molecule has 1 aliphatic heterocycles. The number of likely N-dealkylation sites (N-methyl/N-ethyl adjacent to an activating group) is 1. The van der Waals surface area contributed by atoms with Gasteiger partial charge in [-0.15, -0.1) is 0 Å². The van der Waals surface area contributed by atoms with Crippen molar-refractivity contribution in [2.45, 2.75) is 25.4 Å². The number of carbonyl (C=O) groups is 1. The first kappa shape index (κ1) is 21.6. The first-order chi connectivity index (χ1) is 13.9. The Balaban J connectivity index is 0.00000256. The smallest absolute Gasteiger partial charge is 0.267 e. The summed E-state index contributed by atoms with van der Waals surface area (Å²) in [4.78, 5) is 26.9. The molecule has 1 fully saturated rings. The van der Waals surface area contributed by atoms with Gasteiger partial charge in [0.1, 0.15) is 11.3 Å². The fourth-order valence-corrected chi connectivity index (χ4v) is 3.46. The van der Waals surface area contributed by atoms with E-state index in [-0.39, 0.29) is 19.4 Å². The Morgan fingerprint density at radius 3 is 2.80 bits per heavy atom. The Labute approximate surface area is 181 Å². The van der Waals surface area contributed by atoms with E-state index < -0.39 is 5.60 Å². The van der Waals surface area contributed by atoms with Crippen LogP contribution in [-0.2, 0) is 4.79 Å². The lowest BCUT2D eigenvalue weighted by atomic mass is 9.92. The van der Waals surface area contributed by atoms with Crippen LogP contribution in [0.1, 0.15) is 24.2 Å². The van der Waals surface area contributed by atoms with Gasteiger partial charge in [-0.1, -0.05) is 24.0 Å². The lowest BCUT2D eigenvalue weighted by molar-refractivity contribution is -0.148. The minimum Gasteiger partial charge on any atom is -0.382 e. The van der Waals surface area contributed by atoms with Crippen LogP contribution in [0.3, 0.4) is 0 Å². The molecule has 2 aromatic heterocycles. The third-order valence-corrected chi connectivity index (χ3v) is 4.99. The van der Waals surface area contributed by atoms with Crippen molar-refractivity contribution < 1.29 is 9.90 Å². The molecule has 0 spiro atoms. The van der Waals surface area contributed by atoms with Crippen molar-refractivity contribution in [1.82, 2.24) is 19.9 Å². The molecule has 154 valence electrons. The second-order valence-corrected chi connectivity index (χ2v) is 7.24. The molecule has 1 aromatic carbocycles. The van der Waals surface area contributed by atoms with Gasteiger partial charge in [-0.25, -0.2) is 15.0 Å². The molecule has 1 aliphatic rings. The number of amides is 1. The molecule has 0 aliphatic carbocycles. The first-order valence-corrected chi connectivity index (χ1v) is 9.38. The third-order valence-electron chi connectivity index (χ3n) is 4.99. The van der Waals surface area contributed by atoms with Crippen LogP contribution in [0.15, 0.2) is 36.4 Å². The second-order valence-electron chi connectivity index (χ2n) is 7.24. The number of nitrogens with zero attached hydrogens (tertiary/aromatic N) is 4. The summed E-state index contributed by atoms with van der Waals surface area (Å²) in [7, 11) is 1.68. The van der Waals surface area contributed by atoms with Crippen LogP contribution in [0.25, 0.3) is 22.3 Å². The number of anilines is 1. The summed E-state index contributed by atoms with van der Waals surface area (Å²) in [5.74, 6) is 6.31. The zero-order valence-corrected chi connectivity index (χ0v) is 17.8. The van der Waals surface area contributed by atoms with Crippen LogP contribution in [0.2, 0.25) is 0 Å². The Morgan fingerprint density at radius 2 is 2.00 bits per heavy atom. The summed E-state index contributed by atoms with van der Waals surface area (Å²) in [6.45, 7) is 2.42. The van der Waals surface area contributed by atoms with Gasteiger partial charge in [0.15, 0.2) is 5.82 Å². The number of hydrogen-bond acceptors (Lipinski definition) is 6. The van der Waals surface area contributed by atoms with Gasteiger partial charge in [-0.3, -0.25) is 4.79 Å². The lowest BCUT2D eigenvalue weighted by Gasteiger charge is -2.32. The van der Waals surface area contributed by atoms with Crippen molar-refractivity contribution in [3.05, 3.63) is 47.8 Å². The summed E-state index contributed by atoms with van der Waals surface area (Å²) in [6.07, 6.45) is 1.06. The van der Waals surface area contributed by atoms with Crippen molar-refractivity contribution in [2.24, 2.45) is 0 Å². The lowest BCUT2D eigenvalue weighted by Crippen LogP contribution is -2.51. The maximum absolute atomic E-state index is 12.3. The molecule has 1 atom stereocenters. The molecular formula is C22H23N5O2S. The summed E-state index contributed by atoms with van der Waals surface area (Å²) in [6, 6.07) is 11.2. The molecule has 0 saturated carbocycles. The number of likely N-dealkylation sites (tertiary alicyclic amines) is 1. The van der Waals surface area contributed by atoms with E-state index in [1.165, 1.54) is 4.90 Å². The van der Waals surface area contributed by atoms with Crippen LogP contribution >= 0.6 is 13.5 Å². The molecule has 0 radical (unpaired) electrons. The van der Waals surface area contributed by atoms with Gasteiger partial charge in [0.05, 0.1) is 11.2 Å². The number of benzene rings is 1. The Kier molecular flexibility index (Phi) is 5.97. The van der Waals surface area contributed by atoms with E-state index in [0.29, 0.717) is 46.9 Å². The summed E-state index contributed by atoms with van der Waals surface area (Å²) >= 11 is 0. The highest BCUT2D eigenvalue weighted by molar-refractivity contribution is 7.59. The van der Waals surface area contributed by atoms with Crippen LogP contribution in [0.5, 0.6) is 0 Å². The fourth-order valence-electron chi connectivity index (χ4n) is 3.46. The van der Waals surface area contributed by atoms with Gasteiger partial charge in [0, 0.05) is 24.7 Å². The summed E-state index contributed by atoms with van der Waals surface area (Å²) in [5, 5.41) is 10.6. The predicted octanol–water partition coefficient (Wildman–Crippen LogP) is 2.03.